The Bertz CT molecular complexity index is 576. The number of benzene rings is 1. The Morgan fingerprint density at radius 2 is 1.44 bits per heavy atom. The Labute approximate surface area is 163 Å². The predicted molar refractivity (Wildman–Crippen MR) is 110 cm³/mol. The molecular formula is C20H34NO5P. The van der Waals surface area contributed by atoms with Crippen LogP contribution in [0.1, 0.15) is 78.1 Å². The first kappa shape index (κ1) is 23.6. The number of hydrogen-bond acceptors (Lipinski definition) is 5. The van der Waals surface area contributed by atoms with Crippen LogP contribution in [0.15, 0.2) is 24.3 Å². The van der Waals surface area contributed by atoms with Crippen molar-refractivity contribution in [2.45, 2.75) is 78.1 Å². The van der Waals surface area contributed by atoms with E-state index in [0.29, 0.717) is 18.5 Å². The largest absolute Gasteiger partial charge is 0.424 e. The van der Waals surface area contributed by atoms with E-state index in [1.54, 1.807) is 0 Å². The first-order valence-corrected chi connectivity index (χ1v) is 11.9. The van der Waals surface area contributed by atoms with Crippen molar-refractivity contribution in [3.05, 3.63) is 34.4 Å². The van der Waals surface area contributed by atoms with Gasteiger partial charge in [-0.15, -0.1) is 0 Å². The van der Waals surface area contributed by atoms with Crippen LogP contribution in [0.2, 0.25) is 0 Å². The van der Waals surface area contributed by atoms with Crippen LogP contribution in [0.4, 0.5) is 5.69 Å². The summed E-state index contributed by atoms with van der Waals surface area (Å²) < 4.78 is 24.3. The zero-order valence-electron chi connectivity index (χ0n) is 16.7. The lowest BCUT2D eigenvalue weighted by atomic mass is 10.1. The Hall–Kier alpha value is -1.39. The topological polar surface area (TPSA) is 78.7 Å². The number of nitro benzene ring substituents is 1. The van der Waals surface area contributed by atoms with E-state index < -0.39 is 12.5 Å². The summed E-state index contributed by atoms with van der Waals surface area (Å²) in [5, 5.41) is 10.7. The minimum atomic E-state index is -3.24. The first-order valence-electron chi connectivity index (χ1n) is 10.2. The molecule has 1 aromatic rings. The third kappa shape index (κ3) is 10.5. The molecular weight excluding hydrogens is 365 g/mol. The summed E-state index contributed by atoms with van der Waals surface area (Å²) in [6.45, 7) is 4.66. The Balaban J connectivity index is 2.41. The molecule has 0 heterocycles. The summed E-state index contributed by atoms with van der Waals surface area (Å²) in [7, 11) is -3.24. The van der Waals surface area contributed by atoms with E-state index >= 15 is 0 Å². The fourth-order valence-corrected chi connectivity index (χ4v) is 4.54. The molecule has 0 saturated carbocycles. The van der Waals surface area contributed by atoms with Gasteiger partial charge in [0.05, 0.1) is 17.7 Å². The fraction of sp³-hybridized carbons (Fsp3) is 0.700. The molecule has 0 N–H and O–H groups in total. The molecule has 0 spiro atoms. The number of non-ortho nitro benzene ring substituents is 1. The van der Waals surface area contributed by atoms with Crippen molar-refractivity contribution in [3.63, 3.8) is 0 Å². The van der Waals surface area contributed by atoms with E-state index in [2.05, 4.69) is 6.92 Å². The molecule has 0 aliphatic heterocycles. The number of nitrogens with zero attached hydrogens (tertiary/aromatic N) is 1. The zero-order valence-corrected chi connectivity index (χ0v) is 17.6. The summed E-state index contributed by atoms with van der Waals surface area (Å²) in [6.07, 6.45) is 11.5. The summed E-state index contributed by atoms with van der Waals surface area (Å²) in [5.41, 5.74) is -0.0226. The summed E-state index contributed by atoms with van der Waals surface area (Å²) in [6, 6.07) is 5.63. The number of unbranched alkanes of at least 4 members (excludes halogenated alkanes) is 8. The van der Waals surface area contributed by atoms with Gasteiger partial charge in [0, 0.05) is 12.1 Å². The molecule has 0 bridgehead atoms. The number of nitro groups is 1. The predicted octanol–water partition coefficient (Wildman–Crippen LogP) is 7.12. The average molecular weight is 399 g/mol. The zero-order chi connectivity index (χ0) is 20.0. The summed E-state index contributed by atoms with van der Waals surface area (Å²) >= 11 is 0. The van der Waals surface area contributed by atoms with Crippen molar-refractivity contribution in [3.8, 4) is 5.75 Å². The maximum absolute atomic E-state index is 13.0. The molecule has 6 nitrogen and oxygen atoms in total. The van der Waals surface area contributed by atoms with Gasteiger partial charge in [-0.2, -0.15) is 0 Å². The standard InChI is InChI=1S/C20H34NO5P/c1-3-5-7-8-9-10-11-12-17-25-27(24,18-6-4-2)26-20-15-13-19(14-16-20)21(22)23/h13-16H,3-12,17-18H2,1-2H3. The molecule has 1 unspecified atom stereocenters. The maximum Gasteiger partial charge on any atom is 0.379 e. The minimum Gasteiger partial charge on any atom is -0.424 e. The quantitative estimate of drug-likeness (QED) is 0.128. The second-order valence-electron chi connectivity index (χ2n) is 6.84. The molecule has 0 aliphatic rings. The van der Waals surface area contributed by atoms with Crippen molar-refractivity contribution in [1.29, 1.82) is 0 Å². The summed E-state index contributed by atoms with van der Waals surface area (Å²) in [5.74, 6) is 0.343. The molecule has 27 heavy (non-hydrogen) atoms. The van der Waals surface area contributed by atoms with Gasteiger partial charge in [-0.3, -0.25) is 14.6 Å². The third-order valence-corrected chi connectivity index (χ3v) is 6.29. The van der Waals surface area contributed by atoms with Crippen LogP contribution >= 0.6 is 7.60 Å². The van der Waals surface area contributed by atoms with Gasteiger partial charge in [0.25, 0.3) is 5.69 Å². The van der Waals surface area contributed by atoms with E-state index in [1.807, 2.05) is 6.92 Å². The van der Waals surface area contributed by atoms with Crippen molar-refractivity contribution >= 4 is 13.3 Å². The fourth-order valence-electron chi connectivity index (χ4n) is 2.72. The van der Waals surface area contributed by atoms with Crippen LogP contribution in [0.3, 0.4) is 0 Å². The van der Waals surface area contributed by atoms with Gasteiger partial charge in [0.1, 0.15) is 5.75 Å². The van der Waals surface area contributed by atoms with E-state index in [1.165, 1.54) is 62.8 Å². The third-order valence-electron chi connectivity index (χ3n) is 4.36. The van der Waals surface area contributed by atoms with E-state index in [-0.39, 0.29) is 5.69 Å². The lowest BCUT2D eigenvalue weighted by Crippen LogP contribution is -2.04. The normalized spacial score (nSPS) is 13.3. The van der Waals surface area contributed by atoms with Gasteiger partial charge in [0.2, 0.25) is 0 Å². The SMILES string of the molecule is CCCCCCCCCCOP(=O)(CCCC)Oc1ccc([N+](=O)[O-])cc1. The molecule has 0 radical (unpaired) electrons. The molecule has 0 amide bonds. The molecule has 0 aromatic heterocycles. The van der Waals surface area contributed by atoms with Crippen LogP contribution in [-0.2, 0) is 9.09 Å². The molecule has 154 valence electrons. The first-order chi connectivity index (χ1) is 13.0. The smallest absolute Gasteiger partial charge is 0.379 e. The van der Waals surface area contributed by atoms with E-state index in [0.717, 1.165) is 25.7 Å². The van der Waals surface area contributed by atoms with Crippen LogP contribution < -0.4 is 4.52 Å². The lowest BCUT2D eigenvalue weighted by Gasteiger charge is -2.19. The molecule has 0 aliphatic carbocycles. The number of rotatable bonds is 16. The molecule has 1 aromatic carbocycles. The molecule has 0 fully saturated rings. The molecule has 1 rings (SSSR count). The highest BCUT2D eigenvalue weighted by Crippen LogP contribution is 2.49. The maximum atomic E-state index is 13.0. The minimum absolute atomic E-state index is 0.0226. The van der Waals surface area contributed by atoms with Crippen LogP contribution in [0.5, 0.6) is 5.75 Å². The van der Waals surface area contributed by atoms with Crippen molar-refractivity contribution in [2.24, 2.45) is 0 Å². The van der Waals surface area contributed by atoms with Crippen molar-refractivity contribution < 1.29 is 18.5 Å². The Morgan fingerprint density at radius 1 is 0.889 bits per heavy atom. The second kappa shape index (κ2) is 13.7. The Morgan fingerprint density at radius 3 is 2.00 bits per heavy atom. The van der Waals surface area contributed by atoms with Gasteiger partial charge in [-0.1, -0.05) is 65.2 Å². The van der Waals surface area contributed by atoms with E-state index in [9.17, 15) is 14.7 Å². The van der Waals surface area contributed by atoms with Crippen LogP contribution in [0, 0.1) is 10.1 Å². The Kier molecular flexibility index (Phi) is 12.0. The average Bonchev–Trinajstić information content (AvgIpc) is 2.65. The lowest BCUT2D eigenvalue weighted by molar-refractivity contribution is -0.384. The highest BCUT2D eigenvalue weighted by Gasteiger charge is 2.25. The highest BCUT2D eigenvalue weighted by molar-refractivity contribution is 7.54. The number of hydrogen-bond donors (Lipinski definition) is 0. The van der Waals surface area contributed by atoms with Gasteiger partial charge in [-0.25, -0.2) is 4.57 Å². The molecule has 1 atom stereocenters. The van der Waals surface area contributed by atoms with Gasteiger partial charge < -0.3 is 4.52 Å². The molecule has 7 heteroatoms. The van der Waals surface area contributed by atoms with Crippen LogP contribution in [-0.4, -0.2) is 17.7 Å². The monoisotopic (exact) mass is 399 g/mol. The van der Waals surface area contributed by atoms with Crippen molar-refractivity contribution in [1.82, 2.24) is 0 Å². The van der Waals surface area contributed by atoms with Crippen LogP contribution in [0.25, 0.3) is 0 Å². The van der Waals surface area contributed by atoms with Gasteiger partial charge in [0.15, 0.2) is 0 Å². The summed E-state index contributed by atoms with van der Waals surface area (Å²) in [4.78, 5) is 10.3. The highest BCUT2D eigenvalue weighted by atomic mass is 31.2. The van der Waals surface area contributed by atoms with Gasteiger partial charge >= 0.3 is 7.60 Å². The van der Waals surface area contributed by atoms with Crippen molar-refractivity contribution in [2.75, 3.05) is 12.8 Å². The molecule has 0 saturated heterocycles. The second-order valence-corrected chi connectivity index (χ2v) is 8.95. The van der Waals surface area contributed by atoms with E-state index in [4.69, 9.17) is 9.05 Å². The van der Waals surface area contributed by atoms with Gasteiger partial charge in [-0.05, 0) is 25.0 Å².